The van der Waals surface area contributed by atoms with Gasteiger partial charge in [-0.1, -0.05) is 18.9 Å². The number of aryl methyl sites for hydroxylation is 1. The lowest BCUT2D eigenvalue weighted by molar-refractivity contribution is -0.140. The van der Waals surface area contributed by atoms with Crippen LogP contribution in [-0.2, 0) is 13.0 Å². The van der Waals surface area contributed by atoms with Gasteiger partial charge in [-0.25, -0.2) is 4.31 Å². The summed E-state index contributed by atoms with van der Waals surface area (Å²) in [5.41, 5.74) is 3.99. The molecule has 0 unspecified atom stereocenters. The predicted octanol–water partition coefficient (Wildman–Crippen LogP) is 5.99. The van der Waals surface area contributed by atoms with Crippen molar-refractivity contribution in [2.75, 3.05) is 70.5 Å². The van der Waals surface area contributed by atoms with Crippen LogP contribution in [0, 0.1) is 11.8 Å². The van der Waals surface area contributed by atoms with Gasteiger partial charge in [0.1, 0.15) is 6.54 Å². The van der Waals surface area contributed by atoms with E-state index in [9.17, 15) is 13.2 Å². The highest BCUT2D eigenvalue weighted by Gasteiger charge is 2.30. The quantitative estimate of drug-likeness (QED) is 0.245. The van der Waals surface area contributed by atoms with Crippen molar-refractivity contribution < 1.29 is 13.2 Å². The van der Waals surface area contributed by atoms with Gasteiger partial charge >= 0.3 is 6.18 Å². The van der Waals surface area contributed by atoms with Gasteiger partial charge in [-0.2, -0.15) is 13.2 Å². The minimum atomic E-state index is -4.35. The molecule has 2 N–H and O–H groups in total. The second kappa shape index (κ2) is 13.6. The number of alkyl halides is 3. The largest absolute Gasteiger partial charge is 0.406 e. The van der Waals surface area contributed by atoms with Crippen LogP contribution in [0.5, 0.6) is 0 Å². The lowest BCUT2D eigenvalue weighted by atomic mass is 10.0. The zero-order valence-corrected chi connectivity index (χ0v) is 25.5. The Morgan fingerprint density at radius 1 is 0.929 bits per heavy atom. The summed E-state index contributed by atoms with van der Waals surface area (Å²) in [5, 5.41) is 7.76. The molecule has 3 heterocycles. The van der Waals surface area contributed by atoms with Gasteiger partial charge < -0.3 is 25.0 Å². The maximum absolute atomic E-state index is 13.6. The van der Waals surface area contributed by atoms with E-state index in [1.807, 2.05) is 12.1 Å². The van der Waals surface area contributed by atoms with Gasteiger partial charge in [0.25, 0.3) is 0 Å². The first-order valence-corrected chi connectivity index (χ1v) is 15.6. The first kappa shape index (κ1) is 30.6. The number of likely N-dealkylation sites (N-methyl/N-ethyl adjacent to an activating group) is 1. The SMILES string of the molecule is CCc1cc(SN2CCN(C)CC2)ccc1NCC#Cc1cc2c(NC3CCN(C)CC3)cccc2n1CC(F)(F)F. The standard InChI is InChI=1S/C32H41F3N6S/c1-4-24-21-27(42-40-19-17-39(3)18-20-40)10-11-29(24)36-14-6-7-26-22-28-30(37-25-12-15-38(2)16-13-25)8-5-9-31(28)41(26)23-32(33,34)35/h5,8-11,21-22,25,36-37H,4,12-20,23H2,1-3H3. The van der Waals surface area contributed by atoms with Gasteiger partial charge in [-0.05, 0) is 106 Å². The van der Waals surface area contributed by atoms with E-state index in [2.05, 4.69) is 75.8 Å². The summed E-state index contributed by atoms with van der Waals surface area (Å²) in [6, 6.07) is 14.1. The summed E-state index contributed by atoms with van der Waals surface area (Å²) in [6.45, 7) is 7.63. The molecule has 2 aromatic carbocycles. The monoisotopic (exact) mass is 598 g/mol. The zero-order chi connectivity index (χ0) is 29.7. The highest BCUT2D eigenvalue weighted by atomic mass is 32.2. The van der Waals surface area contributed by atoms with Crippen molar-refractivity contribution >= 4 is 34.2 Å². The molecule has 0 atom stereocenters. The van der Waals surface area contributed by atoms with Gasteiger partial charge in [0, 0.05) is 53.9 Å². The molecule has 0 radical (unpaired) electrons. The predicted molar refractivity (Wildman–Crippen MR) is 168 cm³/mol. The van der Waals surface area contributed by atoms with E-state index in [1.165, 1.54) is 15.0 Å². The Bertz CT molecular complexity index is 1410. The molecule has 2 aliphatic heterocycles. The number of piperazine rings is 1. The molecule has 42 heavy (non-hydrogen) atoms. The van der Waals surface area contributed by atoms with Crippen LogP contribution >= 0.6 is 11.9 Å². The third-order valence-electron chi connectivity index (χ3n) is 8.10. The second-order valence-corrected chi connectivity index (χ2v) is 12.5. The van der Waals surface area contributed by atoms with E-state index in [1.54, 1.807) is 24.1 Å². The van der Waals surface area contributed by atoms with E-state index in [0.717, 1.165) is 75.3 Å². The van der Waals surface area contributed by atoms with Crippen molar-refractivity contribution in [2.24, 2.45) is 0 Å². The fourth-order valence-corrected chi connectivity index (χ4v) is 6.60. The zero-order valence-electron chi connectivity index (χ0n) is 24.7. The molecule has 226 valence electrons. The number of anilines is 2. The van der Waals surface area contributed by atoms with Crippen LogP contribution in [0.4, 0.5) is 24.5 Å². The van der Waals surface area contributed by atoms with E-state index in [-0.39, 0.29) is 0 Å². The summed E-state index contributed by atoms with van der Waals surface area (Å²) in [7, 11) is 4.27. The van der Waals surface area contributed by atoms with Crippen molar-refractivity contribution in [2.45, 2.75) is 49.8 Å². The molecule has 10 heteroatoms. The molecule has 2 saturated heterocycles. The maximum atomic E-state index is 13.6. The Labute approximate surface area is 251 Å². The summed E-state index contributed by atoms with van der Waals surface area (Å²) in [6.07, 6.45) is -1.47. The van der Waals surface area contributed by atoms with Gasteiger partial charge in [0.2, 0.25) is 0 Å². The molecule has 5 rings (SSSR count). The molecular formula is C32H41F3N6S. The van der Waals surface area contributed by atoms with Crippen LogP contribution in [0.1, 0.15) is 31.0 Å². The van der Waals surface area contributed by atoms with Gasteiger partial charge in [0.15, 0.2) is 0 Å². The Morgan fingerprint density at radius 3 is 2.38 bits per heavy atom. The normalized spacial score (nSPS) is 17.8. The number of benzene rings is 2. The average molecular weight is 599 g/mol. The summed E-state index contributed by atoms with van der Waals surface area (Å²) in [5.74, 6) is 6.13. The minimum absolute atomic E-state index is 0.301. The van der Waals surface area contributed by atoms with E-state index in [4.69, 9.17) is 0 Å². The molecule has 3 aromatic rings. The number of aromatic nitrogens is 1. The van der Waals surface area contributed by atoms with Crippen molar-refractivity contribution in [3.63, 3.8) is 0 Å². The number of nitrogens with zero attached hydrogens (tertiary/aromatic N) is 4. The first-order valence-electron chi connectivity index (χ1n) is 14.8. The number of halogens is 3. The lowest BCUT2D eigenvalue weighted by Crippen LogP contribution is -2.40. The Hall–Kier alpha value is -2.84. The van der Waals surface area contributed by atoms with Gasteiger partial charge in [-0.15, -0.1) is 0 Å². The first-order chi connectivity index (χ1) is 20.2. The van der Waals surface area contributed by atoms with Crippen molar-refractivity contribution in [3.8, 4) is 11.8 Å². The number of hydrogen-bond donors (Lipinski definition) is 2. The number of nitrogens with one attached hydrogen (secondary N) is 2. The number of hydrogen-bond acceptors (Lipinski definition) is 6. The van der Waals surface area contributed by atoms with Crippen molar-refractivity contribution in [3.05, 3.63) is 53.7 Å². The highest BCUT2D eigenvalue weighted by molar-refractivity contribution is 7.97. The Balaban J connectivity index is 1.30. The maximum Gasteiger partial charge on any atom is 0.406 e. The highest BCUT2D eigenvalue weighted by Crippen LogP contribution is 2.32. The number of piperidine rings is 1. The minimum Gasteiger partial charge on any atom is -0.382 e. The third-order valence-corrected chi connectivity index (χ3v) is 9.19. The van der Waals surface area contributed by atoms with Gasteiger partial charge in [0.05, 0.1) is 17.8 Å². The fourth-order valence-electron chi connectivity index (χ4n) is 5.63. The number of likely N-dealkylation sites (tertiary alicyclic amines) is 1. The Morgan fingerprint density at radius 2 is 1.67 bits per heavy atom. The Kier molecular flexibility index (Phi) is 9.94. The van der Waals surface area contributed by atoms with Gasteiger partial charge in [-0.3, -0.25) is 0 Å². The topological polar surface area (TPSA) is 38.7 Å². The summed E-state index contributed by atoms with van der Waals surface area (Å²) < 4.78 is 44.6. The van der Waals surface area contributed by atoms with Crippen molar-refractivity contribution in [1.29, 1.82) is 0 Å². The van der Waals surface area contributed by atoms with Crippen LogP contribution in [-0.4, -0.2) is 90.8 Å². The van der Waals surface area contributed by atoms with Crippen LogP contribution in [0.2, 0.25) is 0 Å². The second-order valence-electron chi connectivity index (χ2n) is 11.3. The van der Waals surface area contributed by atoms with Crippen LogP contribution in [0.25, 0.3) is 10.9 Å². The van der Waals surface area contributed by atoms with Crippen LogP contribution in [0.15, 0.2) is 47.4 Å². The molecule has 0 aliphatic carbocycles. The van der Waals surface area contributed by atoms with Crippen LogP contribution in [0.3, 0.4) is 0 Å². The molecule has 2 fully saturated rings. The smallest absolute Gasteiger partial charge is 0.382 e. The summed E-state index contributed by atoms with van der Waals surface area (Å²) >= 11 is 1.80. The number of rotatable bonds is 8. The number of fused-ring (bicyclic) bond motifs is 1. The third kappa shape index (κ3) is 7.95. The molecular weight excluding hydrogens is 557 g/mol. The van der Waals surface area contributed by atoms with Crippen molar-refractivity contribution in [1.82, 2.24) is 18.7 Å². The molecule has 0 spiro atoms. The van der Waals surface area contributed by atoms with E-state index in [0.29, 0.717) is 23.8 Å². The molecule has 1 aromatic heterocycles. The fraction of sp³-hybridized carbons (Fsp3) is 0.500. The molecule has 0 bridgehead atoms. The molecule has 6 nitrogen and oxygen atoms in total. The van der Waals surface area contributed by atoms with E-state index >= 15 is 0 Å². The summed E-state index contributed by atoms with van der Waals surface area (Å²) in [4.78, 5) is 5.86. The molecule has 0 saturated carbocycles. The molecule has 0 amide bonds. The molecule has 2 aliphatic rings. The van der Waals surface area contributed by atoms with Crippen LogP contribution < -0.4 is 10.6 Å². The lowest BCUT2D eigenvalue weighted by Gasteiger charge is -2.31. The average Bonchev–Trinajstić information content (AvgIpc) is 3.30. The van der Waals surface area contributed by atoms with E-state index < -0.39 is 12.7 Å².